The van der Waals surface area contributed by atoms with E-state index in [1.165, 1.54) is 32.1 Å². The summed E-state index contributed by atoms with van der Waals surface area (Å²) in [6.07, 6.45) is 7.87. The van der Waals surface area contributed by atoms with Crippen molar-refractivity contribution in [2.75, 3.05) is 13.7 Å². The molecule has 14 heavy (non-hydrogen) atoms. The zero-order valence-corrected chi connectivity index (χ0v) is 9.09. The molecule has 3 heteroatoms. The Bertz CT molecular complexity index is 194. The summed E-state index contributed by atoms with van der Waals surface area (Å²) in [6.45, 7) is 0.710. The molecule has 0 aromatic rings. The van der Waals surface area contributed by atoms with Gasteiger partial charge in [0.2, 0.25) is 0 Å². The van der Waals surface area contributed by atoms with Gasteiger partial charge in [-0.05, 0) is 25.7 Å². The van der Waals surface area contributed by atoms with Crippen LogP contribution < -0.4 is 11.1 Å². The quantitative estimate of drug-likeness (QED) is 0.709. The van der Waals surface area contributed by atoms with Crippen LogP contribution in [0.4, 0.5) is 0 Å². The van der Waals surface area contributed by atoms with Gasteiger partial charge in [-0.2, -0.15) is 0 Å². The Hall–Kier alpha value is -0.120. The molecule has 0 aromatic carbocycles. The fraction of sp³-hybridized carbons (Fsp3) is 1.00. The molecule has 3 nitrogen and oxygen atoms in total. The highest BCUT2D eigenvalue weighted by atomic mass is 16.5. The number of rotatable bonds is 4. The van der Waals surface area contributed by atoms with Crippen LogP contribution in [0.3, 0.4) is 0 Å². The van der Waals surface area contributed by atoms with Crippen LogP contribution in [0.1, 0.15) is 38.5 Å². The molecule has 0 aromatic heterocycles. The summed E-state index contributed by atoms with van der Waals surface area (Å²) >= 11 is 0. The van der Waals surface area contributed by atoms with Gasteiger partial charge in [0.25, 0.3) is 0 Å². The van der Waals surface area contributed by atoms with E-state index in [1.54, 1.807) is 0 Å². The average molecular weight is 198 g/mol. The second kappa shape index (κ2) is 4.17. The summed E-state index contributed by atoms with van der Waals surface area (Å²) in [5.74, 6) is 0. The number of nitrogens with two attached hydrogens (primary N) is 1. The Morgan fingerprint density at radius 3 is 2.71 bits per heavy atom. The largest absolute Gasteiger partial charge is 0.379 e. The Labute approximate surface area is 86.4 Å². The number of hydrogen-bond acceptors (Lipinski definition) is 3. The minimum absolute atomic E-state index is 0.0775. The molecule has 82 valence electrons. The third-order valence-corrected chi connectivity index (χ3v) is 3.67. The second-order valence-corrected chi connectivity index (χ2v) is 4.75. The molecule has 0 heterocycles. The average Bonchev–Trinajstić information content (AvgIpc) is 3.02. The van der Waals surface area contributed by atoms with Crippen molar-refractivity contribution in [2.45, 2.75) is 56.2 Å². The van der Waals surface area contributed by atoms with E-state index in [1.807, 2.05) is 7.11 Å². The molecule has 0 radical (unpaired) electrons. The van der Waals surface area contributed by atoms with Crippen LogP contribution in [0.2, 0.25) is 0 Å². The smallest absolute Gasteiger partial charge is 0.0765 e. The minimum Gasteiger partial charge on any atom is -0.379 e. The highest BCUT2D eigenvalue weighted by Crippen LogP contribution is 2.33. The number of methoxy groups -OCH3 is 1. The number of nitrogens with one attached hydrogen (secondary N) is 1. The maximum atomic E-state index is 5.94. The van der Waals surface area contributed by atoms with Crippen LogP contribution in [-0.4, -0.2) is 31.3 Å². The molecule has 2 fully saturated rings. The van der Waals surface area contributed by atoms with Crippen molar-refractivity contribution in [2.24, 2.45) is 5.73 Å². The molecule has 2 aliphatic rings. The lowest BCUT2D eigenvalue weighted by Crippen LogP contribution is -2.62. The molecule has 0 saturated heterocycles. The van der Waals surface area contributed by atoms with Crippen LogP contribution in [0.25, 0.3) is 0 Å². The van der Waals surface area contributed by atoms with Gasteiger partial charge in [0.1, 0.15) is 0 Å². The third kappa shape index (κ3) is 1.95. The molecule has 0 aliphatic heterocycles. The Balaban J connectivity index is 2.03. The second-order valence-electron chi connectivity index (χ2n) is 4.75. The normalized spacial score (nSPS) is 38.6. The first-order valence-corrected chi connectivity index (χ1v) is 5.81. The van der Waals surface area contributed by atoms with E-state index in [4.69, 9.17) is 10.5 Å². The number of ether oxygens (including phenoxy) is 1. The van der Waals surface area contributed by atoms with Crippen molar-refractivity contribution in [1.29, 1.82) is 0 Å². The summed E-state index contributed by atoms with van der Waals surface area (Å²) in [5, 5.41) is 3.71. The fourth-order valence-corrected chi connectivity index (χ4v) is 2.64. The lowest BCUT2D eigenvalue weighted by atomic mass is 9.79. The molecule has 3 N–H and O–H groups in total. The summed E-state index contributed by atoms with van der Waals surface area (Å²) in [6, 6.07) is 0.717. The van der Waals surface area contributed by atoms with Crippen molar-refractivity contribution < 1.29 is 4.74 Å². The highest BCUT2D eigenvalue weighted by Gasteiger charge is 2.43. The van der Waals surface area contributed by atoms with Gasteiger partial charge >= 0.3 is 0 Å². The van der Waals surface area contributed by atoms with Crippen molar-refractivity contribution in [3.63, 3.8) is 0 Å². The van der Waals surface area contributed by atoms with Crippen molar-refractivity contribution in [3.8, 4) is 0 Å². The minimum atomic E-state index is 0.0775. The zero-order valence-electron chi connectivity index (χ0n) is 9.09. The van der Waals surface area contributed by atoms with E-state index in [2.05, 4.69) is 5.32 Å². The zero-order chi connectivity index (χ0) is 10.0. The van der Waals surface area contributed by atoms with Gasteiger partial charge in [-0.15, -0.1) is 0 Å². The van der Waals surface area contributed by atoms with Gasteiger partial charge in [0.15, 0.2) is 0 Å². The predicted octanol–water partition coefficient (Wildman–Crippen LogP) is 1.02. The summed E-state index contributed by atoms with van der Waals surface area (Å²) in [4.78, 5) is 0. The highest BCUT2D eigenvalue weighted by molar-refractivity contribution is 5.03. The topological polar surface area (TPSA) is 47.3 Å². The van der Waals surface area contributed by atoms with Crippen molar-refractivity contribution in [3.05, 3.63) is 0 Å². The standard InChI is InChI=1S/C11H22N2O/c1-14-10-4-2-3-7-11(10,8-12)13-9-5-6-9/h9-10,13H,2-8,12H2,1H3. The van der Waals surface area contributed by atoms with E-state index in [9.17, 15) is 0 Å². The molecular weight excluding hydrogens is 176 g/mol. The fourth-order valence-electron chi connectivity index (χ4n) is 2.64. The SMILES string of the molecule is COC1CCCCC1(CN)NC1CC1. The molecule has 2 saturated carbocycles. The summed E-state index contributed by atoms with van der Waals surface area (Å²) in [5.41, 5.74) is 6.02. The molecule has 2 unspecified atom stereocenters. The molecule has 2 aliphatic carbocycles. The Morgan fingerprint density at radius 1 is 1.36 bits per heavy atom. The first kappa shape index (κ1) is 10.4. The van der Waals surface area contributed by atoms with Crippen LogP contribution >= 0.6 is 0 Å². The van der Waals surface area contributed by atoms with E-state index in [0.29, 0.717) is 18.7 Å². The molecule has 0 amide bonds. The monoisotopic (exact) mass is 198 g/mol. The van der Waals surface area contributed by atoms with Gasteiger partial charge in [-0.25, -0.2) is 0 Å². The maximum Gasteiger partial charge on any atom is 0.0765 e. The summed E-state index contributed by atoms with van der Waals surface area (Å²) in [7, 11) is 1.81. The van der Waals surface area contributed by atoms with E-state index < -0.39 is 0 Å². The van der Waals surface area contributed by atoms with Gasteiger partial charge in [0.05, 0.1) is 11.6 Å². The lowest BCUT2D eigenvalue weighted by molar-refractivity contribution is -0.00938. The van der Waals surface area contributed by atoms with Crippen LogP contribution in [0, 0.1) is 0 Å². The summed E-state index contributed by atoms with van der Waals surface area (Å²) < 4.78 is 5.58. The van der Waals surface area contributed by atoms with E-state index >= 15 is 0 Å². The number of hydrogen-bond donors (Lipinski definition) is 2. The van der Waals surface area contributed by atoms with Crippen molar-refractivity contribution in [1.82, 2.24) is 5.32 Å². The Kier molecular flexibility index (Phi) is 3.10. The molecular formula is C11H22N2O. The first-order chi connectivity index (χ1) is 6.80. The van der Waals surface area contributed by atoms with Gasteiger partial charge < -0.3 is 15.8 Å². The van der Waals surface area contributed by atoms with Crippen LogP contribution in [-0.2, 0) is 4.74 Å². The lowest BCUT2D eigenvalue weighted by Gasteiger charge is -2.43. The maximum absolute atomic E-state index is 5.94. The van der Waals surface area contributed by atoms with Crippen LogP contribution in [0.15, 0.2) is 0 Å². The van der Waals surface area contributed by atoms with Gasteiger partial charge in [-0.1, -0.05) is 12.8 Å². The Morgan fingerprint density at radius 2 is 2.14 bits per heavy atom. The van der Waals surface area contributed by atoms with Crippen molar-refractivity contribution >= 4 is 0 Å². The van der Waals surface area contributed by atoms with E-state index in [0.717, 1.165) is 6.42 Å². The first-order valence-electron chi connectivity index (χ1n) is 5.81. The van der Waals surface area contributed by atoms with Crippen LogP contribution in [0.5, 0.6) is 0 Å². The molecule has 0 bridgehead atoms. The predicted molar refractivity (Wildman–Crippen MR) is 57.2 cm³/mol. The van der Waals surface area contributed by atoms with Gasteiger partial charge in [-0.3, -0.25) is 0 Å². The molecule has 2 rings (SSSR count). The third-order valence-electron chi connectivity index (χ3n) is 3.67. The molecule has 2 atom stereocenters. The van der Waals surface area contributed by atoms with Gasteiger partial charge in [0, 0.05) is 19.7 Å². The van der Waals surface area contributed by atoms with E-state index in [-0.39, 0.29) is 5.54 Å². The molecule has 0 spiro atoms.